The van der Waals surface area contributed by atoms with Crippen LogP contribution in [0.15, 0.2) is 24.3 Å². The van der Waals surface area contributed by atoms with E-state index in [0.29, 0.717) is 17.9 Å². The number of carbonyl (C=O) groups excluding carboxylic acids is 3. The first kappa shape index (κ1) is 27.4. The van der Waals surface area contributed by atoms with E-state index in [-0.39, 0.29) is 18.4 Å². The molecule has 0 fully saturated rings. The van der Waals surface area contributed by atoms with E-state index in [2.05, 4.69) is 16.0 Å². The van der Waals surface area contributed by atoms with Crippen LogP contribution in [0, 0.1) is 5.92 Å². The summed E-state index contributed by atoms with van der Waals surface area (Å²) in [6, 6.07) is 4.62. The molecule has 4 N–H and O–H groups in total. The van der Waals surface area contributed by atoms with Gasteiger partial charge in [-0.1, -0.05) is 44.0 Å². The van der Waals surface area contributed by atoms with Crippen LogP contribution in [0.2, 0.25) is 5.02 Å². The third-order valence-corrected chi connectivity index (χ3v) is 5.55. The normalized spacial score (nSPS) is 14.6. The minimum atomic E-state index is -1.17. The van der Waals surface area contributed by atoms with Gasteiger partial charge in [-0.25, -0.2) is 0 Å². The summed E-state index contributed by atoms with van der Waals surface area (Å²) in [5, 5.41) is 17.6. The van der Waals surface area contributed by atoms with Crippen molar-refractivity contribution in [1.82, 2.24) is 20.9 Å². The van der Waals surface area contributed by atoms with E-state index in [1.54, 1.807) is 26.1 Å². The molecule has 0 saturated carbocycles. The second-order valence-corrected chi connectivity index (χ2v) is 8.30. The van der Waals surface area contributed by atoms with Gasteiger partial charge in [-0.05, 0) is 44.0 Å². The number of halogens is 1. The molecule has 0 bridgehead atoms. The number of aliphatic carboxylic acids is 1. The van der Waals surface area contributed by atoms with Crippen LogP contribution in [0.1, 0.15) is 32.8 Å². The first-order valence-electron chi connectivity index (χ1n) is 10.5. The lowest BCUT2D eigenvalue weighted by Crippen LogP contribution is -2.55. The van der Waals surface area contributed by atoms with Gasteiger partial charge in [0, 0.05) is 12.1 Å². The molecule has 3 amide bonds. The number of nitrogens with zero attached hydrogens (tertiary/aromatic N) is 1. The number of nitrogens with one attached hydrogen (secondary N) is 3. The zero-order chi connectivity index (χ0) is 24.4. The Morgan fingerprint density at radius 2 is 1.69 bits per heavy atom. The lowest BCUT2D eigenvalue weighted by Gasteiger charge is -2.27. The molecule has 1 rings (SSSR count). The van der Waals surface area contributed by atoms with Gasteiger partial charge in [-0.2, -0.15) is 0 Å². The van der Waals surface area contributed by atoms with Crippen molar-refractivity contribution >= 4 is 35.3 Å². The predicted molar refractivity (Wildman–Crippen MR) is 122 cm³/mol. The number of likely N-dealkylation sites (N-methyl/N-ethyl adjacent to an activating group) is 2. The second kappa shape index (κ2) is 13.0. The van der Waals surface area contributed by atoms with Gasteiger partial charge in [-0.3, -0.25) is 19.2 Å². The van der Waals surface area contributed by atoms with Crippen molar-refractivity contribution in [3.05, 3.63) is 34.9 Å². The summed E-state index contributed by atoms with van der Waals surface area (Å²) in [5.41, 5.74) is 0.918. The highest BCUT2D eigenvalue weighted by Gasteiger charge is 2.29. The Morgan fingerprint density at radius 3 is 2.19 bits per heavy atom. The van der Waals surface area contributed by atoms with Crippen molar-refractivity contribution in [3.8, 4) is 0 Å². The fraction of sp³-hybridized carbons (Fsp3) is 0.545. The maximum Gasteiger partial charge on any atom is 0.325 e. The molecule has 9 nitrogen and oxygen atoms in total. The smallest absolute Gasteiger partial charge is 0.325 e. The number of hydrogen-bond donors (Lipinski definition) is 4. The molecule has 0 aliphatic rings. The van der Waals surface area contributed by atoms with E-state index >= 15 is 0 Å². The molecule has 1 aromatic rings. The van der Waals surface area contributed by atoms with Crippen molar-refractivity contribution in [2.24, 2.45) is 5.92 Å². The van der Waals surface area contributed by atoms with Gasteiger partial charge in [0.1, 0.15) is 12.1 Å². The average Bonchev–Trinajstić information content (AvgIpc) is 2.75. The number of hydrogen-bond acceptors (Lipinski definition) is 5. The Hall–Kier alpha value is -2.65. The Bertz CT molecular complexity index is 802. The molecular weight excluding hydrogens is 436 g/mol. The molecule has 4 atom stereocenters. The standard InChI is InChI=1S/C22H33ClN4O5/c1-6-13(2)19(20(29)25-14(3)22(31)32)26-18(28)12-27(5)21(30)17(24-4)11-15-7-9-16(23)10-8-15/h7-10,13-14,17,19,24H,6,11-12H2,1-5H3,(H,25,29)(H,26,28)(H,31,32)/t13-,14-,17-,19+/m1/s1. The van der Waals surface area contributed by atoms with Gasteiger partial charge >= 0.3 is 5.97 Å². The molecule has 10 heteroatoms. The first-order valence-corrected chi connectivity index (χ1v) is 10.9. The number of carbonyl (C=O) groups is 4. The first-order chi connectivity index (χ1) is 15.0. The van der Waals surface area contributed by atoms with Crippen molar-refractivity contribution in [1.29, 1.82) is 0 Å². The number of rotatable bonds is 12. The van der Waals surface area contributed by atoms with Crippen LogP contribution in [-0.4, -0.2) is 72.5 Å². The molecule has 32 heavy (non-hydrogen) atoms. The second-order valence-electron chi connectivity index (χ2n) is 7.87. The van der Waals surface area contributed by atoms with Crippen LogP contribution < -0.4 is 16.0 Å². The Balaban J connectivity index is 2.77. The molecule has 0 spiro atoms. The third kappa shape index (κ3) is 8.47. The van der Waals surface area contributed by atoms with Crippen LogP contribution in [0.5, 0.6) is 0 Å². The zero-order valence-corrected chi connectivity index (χ0v) is 19.9. The molecule has 1 aromatic carbocycles. The molecule has 0 aliphatic carbocycles. The summed E-state index contributed by atoms with van der Waals surface area (Å²) in [6.45, 7) is 4.75. The minimum absolute atomic E-state index is 0.226. The fourth-order valence-electron chi connectivity index (χ4n) is 3.01. The topological polar surface area (TPSA) is 128 Å². The van der Waals surface area contributed by atoms with Crippen LogP contribution in [0.25, 0.3) is 0 Å². The lowest BCUT2D eigenvalue weighted by molar-refractivity contribution is -0.142. The summed E-state index contributed by atoms with van der Waals surface area (Å²) in [5.74, 6) is -2.76. The van der Waals surface area contributed by atoms with Gasteiger partial charge in [0.05, 0.1) is 12.6 Å². The Kier molecular flexibility index (Phi) is 11.1. The summed E-state index contributed by atoms with van der Waals surface area (Å²) < 4.78 is 0. The SMILES string of the molecule is CC[C@@H](C)[C@H](NC(=O)CN(C)C(=O)[C@@H](Cc1ccc(Cl)cc1)NC)C(=O)N[C@H](C)C(=O)O. The minimum Gasteiger partial charge on any atom is -0.480 e. The van der Waals surface area contributed by atoms with Crippen molar-refractivity contribution in [2.45, 2.75) is 51.7 Å². The van der Waals surface area contributed by atoms with Gasteiger partial charge < -0.3 is 26.0 Å². The maximum absolute atomic E-state index is 12.8. The van der Waals surface area contributed by atoms with Gasteiger partial charge in [0.15, 0.2) is 0 Å². The number of amides is 3. The van der Waals surface area contributed by atoms with Crippen molar-refractivity contribution < 1.29 is 24.3 Å². The number of benzene rings is 1. The largest absolute Gasteiger partial charge is 0.480 e. The molecule has 0 unspecified atom stereocenters. The molecule has 0 radical (unpaired) electrons. The number of carboxylic acid groups (broad SMARTS) is 1. The Morgan fingerprint density at radius 1 is 1.09 bits per heavy atom. The van der Waals surface area contributed by atoms with E-state index in [4.69, 9.17) is 16.7 Å². The predicted octanol–water partition coefficient (Wildman–Crippen LogP) is 1.05. The highest BCUT2D eigenvalue weighted by atomic mass is 35.5. The molecule has 0 saturated heterocycles. The van der Waals surface area contributed by atoms with Crippen LogP contribution >= 0.6 is 11.6 Å². The zero-order valence-electron chi connectivity index (χ0n) is 19.1. The fourth-order valence-corrected chi connectivity index (χ4v) is 3.14. The third-order valence-electron chi connectivity index (χ3n) is 5.30. The highest BCUT2D eigenvalue weighted by Crippen LogP contribution is 2.12. The highest BCUT2D eigenvalue weighted by molar-refractivity contribution is 6.30. The van der Waals surface area contributed by atoms with Crippen LogP contribution in [0.3, 0.4) is 0 Å². The quantitative estimate of drug-likeness (QED) is 0.363. The Labute approximate surface area is 193 Å². The van der Waals surface area contributed by atoms with E-state index in [1.165, 1.54) is 18.9 Å². The average molecular weight is 469 g/mol. The van der Waals surface area contributed by atoms with Crippen molar-refractivity contribution in [3.63, 3.8) is 0 Å². The van der Waals surface area contributed by atoms with Gasteiger partial charge in [-0.15, -0.1) is 0 Å². The number of carboxylic acids is 1. The van der Waals surface area contributed by atoms with E-state index in [1.807, 2.05) is 19.1 Å². The van der Waals surface area contributed by atoms with Gasteiger partial charge in [0.2, 0.25) is 17.7 Å². The lowest BCUT2D eigenvalue weighted by atomic mass is 9.98. The summed E-state index contributed by atoms with van der Waals surface area (Å²) in [4.78, 5) is 50.2. The van der Waals surface area contributed by atoms with E-state index in [9.17, 15) is 19.2 Å². The van der Waals surface area contributed by atoms with Crippen molar-refractivity contribution in [2.75, 3.05) is 20.6 Å². The summed E-state index contributed by atoms with van der Waals surface area (Å²) in [6.07, 6.45) is 1.01. The maximum atomic E-state index is 12.8. The molecule has 0 heterocycles. The van der Waals surface area contributed by atoms with Crippen LogP contribution in [-0.2, 0) is 25.6 Å². The molecule has 178 valence electrons. The van der Waals surface area contributed by atoms with Gasteiger partial charge in [0.25, 0.3) is 0 Å². The van der Waals surface area contributed by atoms with E-state index < -0.39 is 35.9 Å². The van der Waals surface area contributed by atoms with Crippen LogP contribution in [0.4, 0.5) is 0 Å². The summed E-state index contributed by atoms with van der Waals surface area (Å²) in [7, 11) is 3.18. The molecule has 0 aliphatic heterocycles. The van der Waals surface area contributed by atoms with E-state index in [0.717, 1.165) is 5.56 Å². The molecule has 0 aromatic heterocycles. The summed E-state index contributed by atoms with van der Waals surface area (Å²) >= 11 is 5.90. The molecular formula is C22H33ClN4O5. The monoisotopic (exact) mass is 468 g/mol.